The first-order valence-electron chi connectivity index (χ1n) is 9.41. The third-order valence-electron chi connectivity index (χ3n) is 5.86. The topological polar surface area (TPSA) is 82.3 Å². The standard InChI is InChI=1S/C21H23N3O3/c1-3-6-17-21(15-7-4-5-8-16(15)23-20(21)27)11-12-24(17)19(26)14-10-9-13(2)22-18(14)25/h4-5,7-10,17H,3,6,11-12H2,1-2H3,(H,22,25)(H,23,27)/t17-,21-/m0/s1. The molecule has 1 aromatic carbocycles. The number of hydrogen-bond acceptors (Lipinski definition) is 3. The van der Waals surface area contributed by atoms with Gasteiger partial charge in [-0.25, -0.2) is 0 Å². The molecule has 2 atom stereocenters. The number of amides is 2. The highest BCUT2D eigenvalue weighted by Crippen LogP contribution is 2.49. The molecule has 0 aliphatic carbocycles. The van der Waals surface area contributed by atoms with Crippen LogP contribution in [-0.2, 0) is 10.2 Å². The molecule has 27 heavy (non-hydrogen) atoms. The SMILES string of the molecule is CCC[C@@H]1N(C(=O)c2ccc(C)[nH]c2=O)CC[C@@]12C(=O)Nc1ccccc12. The molecule has 4 rings (SSSR count). The lowest BCUT2D eigenvalue weighted by Crippen LogP contribution is -2.49. The fourth-order valence-corrected chi connectivity index (χ4v) is 4.62. The second kappa shape index (κ2) is 6.37. The van der Waals surface area contributed by atoms with Crippen LogP contribution in [-0.4, -0.2) is 34.3 Å². The van der Waals surface area contributed by atoms with Crippen molar-refractivity contribution in [2.75, 3.05) is 11.9 Å². The number of likely N-dealkylation sites (tertiary alicyclic amines) is 1. The molecular weight excluding hydrogens is 342 g/mol. The molecule has 0 saturated carbocycles. The molecule has 6 heteroatoms. The van der Waals surface area contributed by atoms with Crippen molar-refractivity contribution in [1.82, 2.24) is 9.88 Å². The Bertz CT molecular complexity index is 981. The Labute approximate surface area is 157 Å². The maximum absolute atomic E-state index is 13.2. The minimum atomic E-state index is -0.736. The lowest BCUT2D eigenvalue weighted by Gasteiger charge is -2.33. The Kier molecular flexibility index (Phi) is 4.13. The van der Waals surface area contributed by atoms with Gasteiger partial charge in [0.2, 0.25) is 5.91 Å². The number of H-pyrrole nitrogens is 1. The summed E-state index contributed by atoms with van der Waals surface area (Å²) in [6.07, 6.45) is 2.11. The van der Waals surface area contributed by atoms with Gasteiger partial charge < -0.3 is 15.2 Å². The molecule has 0 unspecified atom stereocenters. The molecular formula is C21H23N3O3. The Morgan fingerprint density at radius 1 is 1.22 bits per heavy atom. The Balaban J connectivity index is 1.77. The van der Waals surface area contributed by atoms with Gasteiger partial charge in [-0.2, -0.15) is 0 Å². The summed E-state index contributed by atoms with van der Waals surface area (Å²) in [6.45, 7) is 4.28. The molecule has 1 fully saturated rings. The number of rotatable bonds is 3. The van der Waals surface area contributed by atoms with Crippen LogP contribution in [0.5, 0.6) is 0 Å². The highest BCUT2D eigenvalue weighted by Gasteiger charge is 2.58. The minimum Gasteiger partial charge on any atom is -0.334 e. The predicted octanol–water partition coefficient (Wildman–Crippen LogP) is 2.59. The van der Waals surface area contributed by atoms with E-state index in [1.165, 1.54) is 0 Å². The van der Waals surface area contributed by atoms with Crippen LogP contribution in [0.15, 0.2) is 41.2 Å². The summed E-state index contributed by atoms with van der Waals surface area (Å²) in [6, 6.07) is 10.7. The zero-order chi connectivity index (χ0) is 19.2. The van der Waals surface area contributed by atoms with Crippen LogP contribution in [0.25, 0.3) is 0 Å². The molecule has 2 N–H and O–H groups in total. The largest absolute Gasteiger partial charge is 0.334 e. The number of pyridine rings is 1. The summed E-state index contributed by atoms with van der Waals surface area (Å²) in [4.78, 5) is 43.0. The van der Waals surface area contributed by atoms with Crippen molar-refractivity contribution in [3.63, 3.8) is 0 Å². The zero-order valence-electron chi connectivity index (χ0n) is 15.5. The number of anilines is 1. The summed E-state index contributed by atoms with van der Waals surface area (Å²) in [5, 5.41) is 2.99. The third-order valence-corrected chi connectivity index (χ3v) is 5.86. The number of fused-ring (bicyclic) bond motifs is 2. The average Bonchev–Trinajstić information content (AvgIpc) is 3.15. The van der Waals surface area contributed by atoms with Gasteiger partial charge in [0.25, 0.3) is 11.5 Å². The second-order valence-corrected chi connectivity index (χ2v) is 7.41. The van der Waals surface area contributed by atoms with E-state index in [1.807, 2.05) is 31.2 Å². The maximum Gasteiger partial charge on any atom is 0.260 e. The molecule has 3 heterocycles. The number of carbonyl (C=O) groups is 2. The fourth-order valence-electron chi connectivity index (χ4n) is 4.62. The second-order valence-electron chi connectivity index (χ2n) is 7.41. The van der Waals surface area contributed by atoms with Crippen molar-refractivity contribution in [2.45, 2.75) is 44.6 Å². The molecule has 2 aliphatic rings. The van der Waals surface area contributed by atoms with Gasteiger partial charge in [0.1, 0.15) is 5.56 Å². The first-order valence-corrected chi connectivity index (χ1v) is 9.41. The summed E-state index contributed by atoms with van der Waals surface area (Å²) in [5.74, 6) is -0.348. The molecule has 140 valence electrons. The van der Waals surface area contributed by atoms with Gasteiger partial charge in [0.15, 0.2) is 0 Å². The van der Waals surface area contributed by atoms with E-state index in [4.69, 9.17) is 0 Å². The predicted molar refractivity (Wildman–Crippen MR) is 103 cm³/mol. The summed E-state index contributed by atoms with van der Waals surface area (Å²) in [7, 11) is 0. The van der Waals surface area contributed by atoms with E-state index >= 15 is 0 Å². The Morgan fingerprint density at radius 3 is 2.74 bits per heavy atom. The van der Waals surface area contributed by atoms with E-state index in [0.29, 0.717) is 25.1 Å². The number of nitrogens with one attached hydrogen (secondary N) is 2. The molecule has 2 amide bonds. The molecule has 2 aliphatic heterocycles. The first-order chi connectivity index (χ1) is 13.0. The molecule has 2 aromatic rings. The van der Waals surface area contributed by atoms with Crippen molar-refractivity contribution < 1.29 is 9.59 Å². The minimum absolute atomic E-state index is 0.0461. The summed E-state index contributed by atoms with van der Waals surface area (Å²) < 4.78 is 0. The van der Waals surface area contributed by atoms with Crippen molar-refractivity contribution in [3.05, 3.63) is 63.6 Å². The number of aromatic nitrogens is 1. The lowest BCUT2D eigenvalue weighted by atomic mass is 9.73. The van der Waals surface area contributed by atoms with Gasteiger partial charge in [-0.15, -0.1) is 0 Å². The molecule has 1 saturated heterocycles. The van der Waals surface area contributed by atoms with E-state index in [9.17, 15) is 14.4 Å². The van der Waals surface area contributed by atoms with E-state index in [1.54, 1.807) is 24.0 Å². The van der Waals surface area contributed by atoms with Crippen molar-refractivity contribution in [3.8, 4) is 0 Å². The first kappa shape index (κ1) is 17.5. The van der Waals surface area contributed by atoms with Gasteiger partial charge in [-0.05, 0) is 43.5 Å². The number of para-hydroxylation sites is 1. The van der Waals surface area contributed by atoms with Crippen LogP contribution in [0.3, 0.4) is 0 Å². The fraction of sp³-hybridized carbons (Fsp3) is 0.381. The summed E-state index contributed by atoms with van der Waals surface area (Å²) >= 11 is 0. The van der Waals surface area contributed by atoms with Crippen LogP contribution >= 0.6 is 0 Å². The summed E-state index contributed by atoms with van der Waals surface area (Å²) in [5.41, 5.74) is 1.51. The highest BCUT2D eigenvalue weighted by atomic mass is 16.2. The zero-order valence-corrected chi connectivity index (χ0v) is 15.5. The average molecular weight is 365 g/mol. The van der Waals surface area contributed by atoms with Gasteiger partial charge in [-0.1, -0.05) is 31.5 Å². The van der Waals surface area contributed by atoms with Crippen LogP contribution < -0.4 is 10.9 Å². The van der Waals surface area contributed by atoms with Gasteiger partial charge in [0.05, 0.1) is 11.5 Å². The smallest absolute Gasteiger partial charge is 0.260 e. The molecule has 0 radical (unpaired) electrons. The van der Waals surface area contributed by atoms with Crippen molar-refractivity contribution in [2.24, 2.45) is 0 Å². The lowest BCUT2D eigenvalue weighted by molar-refractivity contribution is -0.121. The monoisotopic (exact) mass is 365 g/mol. The number of nitrogens with zero attached hydrogens (tertiary/aromatic N) is 1. The quantitative estimate of drug-likeness (QED) is 0.877. The van der Waals surface area contributed by atoms with Crippen LogP contribution in [0.1, 0.15) is 47.8 Å². The maximum atomic E-state index is 13.2. The van der Waals surface area contributed by atoms with Gasteiger partial charge in [0, 0.05) is 17.9 Å². The number of aromatic amines is 1. The number of carbonyl (C=O) groups excluding carboxylic acids is 2. The third kappa shape index (κ3) is 2.51. The van der Waals surface area contributed by atoms with Crippen LogP contribution in [0.4, 0.5) is 5.69 Å². The number of hydrogen-bond donors (Lipinski definition) is 2. The molecule has 6 nitrogen and oxygen atoms in total. The number of benzene rings is 1. The normalized spacial score (nSPS) is 23.6. The van der Waals surface area contributed by atoms with Crippen LogP contribution in [0.2, 0.25) is 0 Å². The van der Waals surface area contributed by atoms with E-state index in [0.717, 1.165) is 17.7 Å². The highest BCUT2D eigenvalue weighted by molar-refractivity contribution is 6.08. The molecule has 1 aromatic heterocycles. The van der Waals surface area contributed by atoms with Gasteiger partial charge in [-0.3, -0.25) is 14.4 Å². The van der Waals surface area contributed by atoms with Crippen molar-refractivity contribution >= 4 is 17.5 Å². The van der Waals surface area contributed by atoms with E-state index < -0.39 is 5.41 Å². The van der Waals surface area contributed by atoms with E-state index in [-0.39, 0.29) is 29.0 Å². The van der Waals surface area contributed by atoms with Crippen molar-refractivity contribution in [1.29, 1.82) is 0 Å². The molecule has 0 bridgehead atoms. The Morgan fingerprint density at radius 2 is 2.00 bits per heavy atom. The molecule has 1 spiro atoms. The van der Waals surface area contributed by atoms with Crippen LogP contribution in [0, 0.1) is 6.92 Å². The number of aryl methyl sites for hydroxylation is 1. The van der Waals surface area contributed by atoms with Gasteiger partial charge >= 0.3 is 0 Å². The van der Waals surface area contributed by atoms with E-state index in [2.05, 4.69) is 10.3 Å². The Hall–Kier alpha value is -2.89.